The number of rotatable bonds is 4. The minimum absolute atomic E-state index is 0.0734. The van der Waals surface area contributed by atoms with Gasteiger partial charge >= 0.3 is 0 Å². The maximum Gasteiger partial charge on any atom is 0.266 e. The molecule has 1 saturated carbocycles. The van der Waals surface area contributed by atoms with E-state index in [2.05, 4.69) is 38.0 Å². The third kappa shape index (κ3) is 3.31. The van der Waals surface area contributed by atoms with Crippen LogP contribution in [0.25, 0.3) is 0 Å². The Morgan fingerprint density at radius 2 is 1.78 bits per heavy atom. The summed E-state index contributed by atoms with van der Waals surface area (Å²) >= 11 is 0. The second kappa shape index (κ2) is 6.32. The van der Waals surface area contributed by atoms with Crippen LogP contribution in [0.5, 0.6) is 0 Å². The van der Waals surface area contributed by atoms with Gasteiger partial charge in [-0.25, -0.2) is 4.68 Å². The first-order valence-corrected chi connectivity index (χ1v) is 9.73. The largest absolute Gasteiger partial charge is 0.341 e. The van der Waals surface area contributed by atoms with Crippen LogP contribution < -0.4 is 5.56 Å². The average molecular weight is 365 g/mol. The summed E-state index contributed by atoms with van der Waals surface area (Å²) in [6, 6.07) is 13.5. The predicted molar refractivity (Wildman–Crippen MR) is 105 cm³/mol. The van der Waals surface area contributed by atoms with Crippen molar-refractivity contribution < 1.29 is 4.79 Å². The fourth-order valence-corrected chi connectivity index (χ4v) is 3.89. The van der Waals surface area contributed by atoms with Gasteiger partial charge in [-0.15, -0.1) is 0 Å². The summed E-state index contributed by atoms with van der Waals surface area (Å²) in [7, 11) is 0. The highest BCUT2D eigenvalue weighted by Crippen LogP contribution is 2.50. The van der Waals surface area contributed by atoms with E-state index in [-0.39, 0.29) is 22.3 Å². The topological polar surface area (TPSA) is 55.2 Å². The van der Waals surface area contributed by atoms with Crippen LogP contribution in [0, 0.1) is 5.92 Å². The number of carbonyl (C=O) groups excluding carboxylic acids is 1. The van der Waals surface area contributed by atoms with Crippen molar-refractivity contribution in [3.63, 3.8) is 0 Å². The monoisotopic (exact) mass is 365 g/mol. The molecule has 2 aliphatic rings. The number of likely N-dealkylation sites (tertiary alicyclic amines) is 1. The number of hydrogen-bond acceptors (Lipinski definition) is 3. The Morgan fingerprint density at radius 3 is 2.37 bits per heavy atom. The summed E-state index contributed by atoms with van der Waals surface area (Å²) in [4.78, 5) is 27.1. The van der Waals surface area contributed by atoms with E-state index in [1.807, 2.05) is 29.2 Å². The van der Waals surface area contributed by atoms with Crippen LogP contribution in [0.4, 0.5) is 0 Å². The second-order valence-electron chi connectivity index (χ2n) is 9.01. The lowest BCUT2D eigenvalue weighted by Gasteiger charge is -2.41. The van der Waals surface area contributed by atoms with Crippen molar-refractivity contribution in [3.8, 4) is 0 Å². The van der Waals surface area contributed by atoms with E-state index in [0.29, 0.717) is 25.6 Å². The molecule has 4 rings (SSSR count). The maximum atomic E-state index is 13.0. The van der Waals surface area contributed by atoms with Gasteiger partial charge in [-0.05, 0) is 24.5 Å². The zero-order chi connectivity index (χ0) is 19.2. The number of nitrogens with zero attached hydrogens (tertiary/aromatic N) is 3. The molecule has 2 aromatic rings. The molecule has 1 aliphatic heterocycles. The van der Waals surface area contributed by atoms with E-state index in [4.69, 9.17) is 0 Å². The number of carbonyl (C=O) groups is 1. The molecule has 0 bridgehead atoms. The van der Waals surface area contributed by atoms with Crippen LogP contribution in [-0.4, -0.2) is 33.7 Å². The molecule has 1 aromatic heterocycles. The van der Waals surface area contributed by atoms with Gasteiger partial charge in [0.1, 0.15) is 0 Å². The molecule has 5 nitrogen and oxygen atoms in total. The predicted octanol–water partition coefficient (Wildman–Crippen LogP) is 2.73. The van der Waals surface area contributed by atoms with Crippen molar-refractivity contribution in [2.24, 2.45) is 5.92 Å². The summed E-state index contributed by atoms with van der Waals surface area (Å²) in [5.74, 6) is 0.537. The smallest absolute Gasteiger partial charge is 0.266 e. The first-order valence-electron chi connectivity index (χ1n) is 9.73. The first kappa shape index (κ1) is 18.0. The fraction of sp³-hybridized carbons (Fsp3) is 0.500. The Labute approximate surface area is 160 Å². The maximum absolute atomic E-state index is 13.0. The summed E-state index contributed by atoms with van der Waals surface area (Å²) in [5, 5.41) is 4.54. The van der Waals surface area contributed by atoms with Crippen LogP contribution in [0.1, 0.15) is 44.9 Å². The average Bonchev–Trinajstić information content (AvgIpc) is 3.40. The minimum Gasteiger partial charge on any atom is -0.341 e. The van der Waals surface area contributed by atoms with Crippen LogP contribution in [-0.2, 0) is 22.2 Å². The third-order valence-corrected chi connectivity index (χ3v) is 5.80. The molecule has 0 spiro atoms. The third-order valence-electron chi connectivity index (χ3n) is 5.80. The van der Waals surface area contributed by atoms with E-state index in [1.165, 1.54) is 0 Å². The Kier molecular flexibility index (Phi) is 4.21. The molecule has 1 amide bonds. The lowest BCUT2D eigenvalue weighted by Crippen LogP contribution is -2.55. The molecule has 142 valence electrons. The first-order chi connectivity index (χ1) is 12.8. The van der Waals surface area contributed by atoms with Crippen molar-refractivity contribution in [2.45, 2.75) is 51.0 Å². The SMILES string of the molecule is CC(C)(C)c1ccc(=O)n(CC2CN(C(=O)C3(c4ccccc4)CC3)C2)n1. The van der Waals surface area contributed by atoms with Gasteiger partial charge in [0.2, 0.25) is 5.91 Å². The summed E-state index contributed by atoms with van der Waals surface area (Å²) < 4.78 is 1.57. The standard InChI is InChI=1S/C22H27N3O2/c1-21(2,3)18-9-10-19(26)25(23-18)15-16-13-24(14-16)20(27)22(11-12-22)17-7-5-4-6-8-17/h4-10,16H,11-15H2,1-3H3. The van der Waals surface area contributed by atoms with Crippen molar-refractivity contribution in [3.05, 3.63) is 64.1 Å². The molecule has 2 fully saturated rings. The van der Waals surface area contributed by atoms with Gasteiger partial charge in [-0.3, -0.25) is 9.59 Å². The number of hydrogen-bond donors (Lipinski definition) is 0. The number of benzene rings is 1. The number of amides is 1. The minimum atomic E-state index is -0.298. The molecule has 0 N–H and O–H groups in total. The quantitative estimate of drug-likeness (QED) is 0.837. The van der Waals surface area contributed by atoms with Crippen LogP contribution in [0.2, 0.25) is 0 Å². The van der Waals surface area contributed by atoms with E-state index >= 15 is 0 Å². The Bertz CT molecular complexity index is 901. The van der Waals surface area contributed by atoms with Gasteiger partial charge in [0.25, 0.3) is 5.56 Å². The lowest BCUT2D eigenvalue weighted by molar-refractivity contribution is -0.140. The highest BCUT2D eigenvalue weighted by atomic mass is 16.2. The molecule has 0 atom stereocenters. The molecule has 1 aliphatic carbocycles. The van der Waals surface area contributed by atoms with Crippen molar-refractivity contribution >= 4 is 5.91 Å². The molecule has 2 heterocycles. The fourth-order valence-electron chi connectivity index (χ4n) is 3.89. The van der Waals surface area contributed by atoms with E-state index in [1.54, 1.807) is 10.7 Å². The normalized spacial score (nSPS) is 18.9. The van der Waals surface area contributed by atoms with E-state index in [9.17, 15) is 9.59 Å². The van der Waals surface area contributed by atoms with Crippen molar-refractivity contribution in [2.75, 3.05) is 13.1 Å². The molecular formula is C22H27N3O2. The van der Waals surface area contributed by atoms with Gasteiger partial charge in [0.05, 0.1) is 17.7 Å². The van der Waals surface area contributed by atoms with Crippen molar-refractivity contribution in [1.82, 2.24) is 14.7 Å². The molecule has 1 saturated heterocycles. The zero-order valence-electron chi connectivity index (χ0n) is 16.3. The molecular weight excluding hydrogens is 338 g/mol. The van der Waals surface area contributed by atoms with Gasteiger partial charge in [0, 0.05) is 30.5 Å². The number of aromatic nitrogens is 2. The van der Waals surface area contributed by atoms with E-state index in [0.717, 1.165) is 24.1 Å². The zero-order valence-corrected chi connectivity index (χ0v) is 16.3. The highest BCUT2D eigenvalue weighted by Gasteiger charge is 2.54. The summed E-state index contributed by atoms with van der Waals surface area (Å²) in [6.45, 7) is 8.26. The van der Waals surface area contributed by atoms with E-state index < -0.39 is 0 Å². The van der Waals surface area contributed by atoms with Crippen molar-refractivity contribution in [1.29, 1.82) is 0 Å². The second-order valence-corrected chi connectivity index (χ2v) is 9.01. The van der Waals surface area contributed by atoms with Gasteiger partial charge in [-0.1, -0.05) is 51.1 Å². The summed E-state index contributed by atoms with van der Waals surface area (Å²) in [5.41, 5.74) is 1.58. The van der Waals surface area contributed by atoms with Gasteiger partial charge in [0.15, 0.2) is 0 Å². The van der Waals surface area contributed by atoms with Gasteiger partial charge < -0.3 is 4.90 Å². The highest BCUT2D eigenvalue weighted by molar-refractivity contribution is 5.91. The molecule has 0 unspecified atom stereocenters. The molecule has 5 heteroatoms. The Balaban J connectivity index is 1.41. The Hall–Kier alpha value is -2.43. The van der Waals surface area contributed by atoms with Crippen LogP contribution >= 0.6 is 0 Å². The van der Waals surface area contributed by atoms with Gasteiger partial charge in [-0.2, -0.15) is 5.10 Å². The Morgan fingerprint density at radius 1 is 1.11 bits per heavy atom. The summed E-state index contributed by atoms with van der Waals surface area (Å²) in [6.07, 6.45) is 1.87. The van der Waals surface area contributed by atoms with Crippen LogP contribution in [0.15, 0.2) is 47.3 Å². The lowest BCUT2D eigenvalue weighted by atomic mass is 9.90. The van der Waals surface area contributed by atoms with Crippen LogP contribution in [0.3, 0.4) is 0 Å². The molecule has 1 aromatic carbocycles. The molecule has 27 heavy (non-hydrogen) atoms. The molecule has 0 radical (unpaired) electrons.